The summed E-state index contributed by atoms with van der Waals surface area (Å²) in [4.78, 5) is 2.39. The molecule has 4 heteroatoms. The van der Waals surface area contributed by atoms with Crippen molar-refractivity contribution in [1.29, 1.82) is 5.26 Å². The van der Waals surface area contributed by atoms with Gasteiger partial charge in [0.25, 0.3) is 0 Å². The van der Waals surface area contributed by atoms with Gasteiger partial charge in [-0.2, -0.15) is 17.0 Å². The maximum Gasteiger partial charge on any atom is 0.101 e. The minimum Gasteiger partial charge on any atom is -0.366 e. The highest BCUT2D eigenvalue weighted by Crippen LogP contribution is 2.31. The molecule has 1 fully saturated rings. The highest BCUT2D eigenvalue weighted by Gasteiger charge is 2.26. The number of thioether (sulfide) groups is 1. The number of nitrogens with one attached hydrogen (secondary N) is 1. The minimum atomic E-state index is 0.454. The molecule has 1 aromatic carbocycles. The fourth-order valence-electron chi connectivity index (χ4n) is 2.63. The van der Waals surface area contributed by atoms with Crippen molar-refractivity contribution in [2.24, 2.45) is 0 Å². The molecule has 0 amide bonds. The summed E-state index contributed by atoms with van der Waals surface area (Å²) < 4.78 is 0. The van der Waals surface area contributed by atoms with Gasteiger partial charge >= 0.3 is 0 Å². The van der Waals surface area contributed by atoms with Crippen molar-refractivity contribution in [3.8, 4) is 6.07 Å². The summed E-state index contributed by atoms with van der Waals surface area (Å²) in [6, 6.07) is 9.60. The van der Waals surface area contributed by atoms with Crippen LogP contribution in [-0.2, 0) is 6.54 Å². The molecule has 0 spiro atoms. The Kier molecular flexibility index (Phi) is 5.55. The van der Waals surface area contributed by atoms with Crippen molar-refractivity contribution < 1.29 is 0 Å². The summed E-state index contributed by atoms with van der Waals surface area (Å²) >= 11 is 2.02. The number of hydrogen-bond donors (Lipinski definition) is 1. The average molecular weight is 303 g/mol. The molecule has 1 aliphatic heterocycles. The van der Waals surface area contributed by atoms with E-state index in [1.165, 1.54) is 5.56 Å². The molecule has 1 aliphatic rings. The molecule has 1 aromatic rings. The van der Waals surface area contributed by atoms with Crippen LogP contribution in [0.2, 0.25) is 0 Å². The molecule has 0 radical (unpaired) electrons. The van der Waals surface area contributed by atoms with E-state index in [4.69, 9.17) is 0 Å². The first-order valence-corrected chi connectivity index (χ1v) is 8.72. The van der Waals surface area contributed by atoms with E-state index in [0.717, 1.165) is 30.1 Å². The number of hydrogen-bond acceptors (Lipinski definition) is 4. The van der Waals surface area contributed by atoms with Crippen LogP contribution in [0.25, 0.3) is 0 Å². The van der Waals surface area contributed by atoms with Crippen molar-refractivity contribution in [1.82, 2.24) is 5.32 Å². The van der Waals surface area contributed by atoms with E-state index in [-0.39, 0.29) is 0 Å². The zero-order chi connectivity index (χ0) is 15.4. The van der Waals surface area contributed by atoms with Crippen LogP contribution in [0.3, 0.4) is 0 Å². The third-order valence-electron chi connectivity index (χ3n) is 4.09. The van der Waals surface area contributed by atoms with Crippen LogP contribution in [0.1, 0.15) is 38.8 Å². The van der Waals surface area contributed by atoms with Crippen molar-refractivity contribution in [2.45, 2.75) is 51.6 Å². The summed E-state index contributed by atoms with van der Waals surface area (Å²) in [6.07, 6.45) is 0. The van der Waals surface area contributed by atoms with Crippen molar-refractivity contribution >= 4 is 17.4 Å². The second-order valence-electron chi connectivity index (χ2n) is 6.01. The molecule has 21 heavy (non-hydrogen) atoms. The SMILES string of the molecule is CC(C)NCc1ccc(N2CCSC(C)C2C)c(C#N)c1. The quantitative estimate of drug-likeness (QED) is 0.925. The normalized spacial score (nSPS) is 22.4. The smallest absolute Gasteiger partial charge is 0.101 e. The van der Waals surface area contributed by atoms with E-state index in [1.54, 1.807) is 0 Å². The third kappa shape index (κ3) is 3.93. The molecule has 0 aliphatic carbocycles. The minimum absolute atomic E-state index is 0.454. The summed E-state index contributed by atoms with van der Waals surface area (Å²) in [7, 11) is 0. The average Bonchev–Trinajstić information content (AvgIpc) is 2.48. The lowest BCUT2D eigenvalue weighted by molar-refractivity contribution is 0.588. The van der Waals surface area contributed by atoms with Gasteiger partial charge < -0.3 is 10.2 Å². The standard InChI is InChI=1S/C17H25N3S/c1-12(2)19-11-15-5-6-17(16(9-15)10-18)20-7-8-21-14(4)13(20)3/h5-6,9,12-14,19H,7-8,11H2,1-4H3. The Morgan fingerprint density at radius 3 is 2.86 bits per heavy atom. The number of rotatable bonds is 4. The van der Waals surface area contributed by atoms with Gasteiger partial charge in [0.2, 0.25) is 0 Å². The molecule has 114 valence electrons. The lowest BCUT2D eigenvalue weighted by Gasteiger charge is -2.39. The van der Waals surface area contributed by atoms with E-state index < -0.39 is 0 Å². The van der Waals surface area contributed by atoms with Gasteiger partial charge in [0, 0.05) is 36.2 Å². The Hall–Kier alpha value is -1.18. The molecule has 2 unspecified atom stereocenters. The Balaban J connectivity index is 2.22. The molecule has 1 heterocycles. The Bertz CT molecular complexity index is 521. The van der Waals surface area contributed by atoms with Crippen LogP contribution < -0.4 is 10.2 Å². The van der Waals surface area contributed by atoms with Gasteiger partial charge in [-0.15, -0.1) is 0 Å². The van der Waals surface area contributed by atoms with Crippen molar-refractivity contribution in [3.05, 3.63) is 29.3 Å². The van der Waals surface area contributed by atoms with E-state index in [1.807, 2.05) is 17.8 Å². The maximum atomic E-state index is 9.50. The molecule has 0 bridgehead atoms. The van der Waals surface area contributed by atoms with E-state index in [0.29, 0.717) is 17.3 Å². The number of anilines is 1. The van der Waals surface area contributed by atoms with E-state index in [9.17, 15) is 5.26 Å². The first-order valence-electron chi connectivity index (χ1n) is 7.67. The van der Waals surface area contributed by atoms with Gasteiger partial charge in [-0.05, 0) is 24.6 Å². The number of nitrogens with zero attached hydrogens (tertiary/aromatic N) is 2. The highest BCUT2D eigenvalue weighted by molar-refractivity contribution is 8.00. The van der Waals surface area contributed by atoms with Crippen LogP contribution in [0.15, 0.2) is 18.2 Å². The van der Waals surface area contributed by atoms with Crippen LogP contribution in [0.4, 0.5) is 5.69 Å². The zero-order valence-electron chi connectivity index (χ0n) is 13.4. The van der Waals surface area contributed by atoms with Gasteiger partial charge in [-0.1, -0.05) is 26.8 Å². The predicted octanol–water partition coefficient (Wildman–Crippen LogP) is 3.39. The number of nitriles is 1. The second-order valence-corrected chi connectivity index (χ2v) is 7.49. The van der Waals surface area contributed by atoms with Crippen LogP contribution in [0, 0.1) is 11.3 Å². The first-order chi connectivity index (χ1) is 10.0. The molecule has 0 saturated carbocycles. The van der Waals surface area contributed by atoms with E-state index in [2.05, 4.69) is 56.1 Å². The third-order valence-corrected chi connectivity index (χ3v) is 5.43. The lowest BCUT2D eigenvalue weighted by Crippen LogP contribution is -2.45. The Labute approximate surface area is 132 Å². The summed E-state index contributed by atoms with van der Waals surface area (Å²) in [5.41, 5.74) is 3.06. The molecule has 2 rings (SSSR count). The zero-order valence-corrected chi connectivity index (χ0v) is 14.2. The second kappa shape index (κ2) is 7.20. The van der Waals surface area contributed by atoms with Crippen LogP contribution >= 0.6 is 11.8 Å². The largest absolute Gasteiger partial charge is 0.366 e. The molecule has 0 aromatic heterocycles. The Morgan fingerprint density at radius 1 is 1.43 bits per heavy atom. The summed E-state index contributed by atoms with van der Waals surface area (Å²) in [6.45, 7) is 10.6. The molecule has 3 nitrogen and oxygen atoms in total. The summed E-state index contributed by atoms with van der Waals surface area (Å²) in [5.74, 6) is 1.13. The van der Waals surface area contributed by atoms with Crippen molar-refractivity contribution in [2.75, 3.05) is 17.2 Å². The molecular formula is C17H25N3S. The van der Waals surface area contributed by atoms with Gasteiger partial charge in [-0.3, -0.25) is 0 Å². The molecule has 1 saturated heterocycles. The lowest BCUT2D eigenvalue weighted by atomic mass is 10.1. The summed E-state index contributed by atoms with van der Waals surface area (Å²) in [5, 5.41) is 13.5. The fraction of sp³-hybridized carbons (Fsp3) is 0.588. The van der Waals surface area contributed by atoms with Crippen molar-refractivity contribution in [3.63, 3.8) is 0 Å². The van der Waals surface area contributed by atoms with Crippen LogP contribution in [-0.4, -0.2) is 29.6 Å². The molecular weight excluding hydrogens is 278 g/mol. The predicted molar refractivity (Wildman–Crippen MR) is 91.9 cm³/mol. The van der Waals surface area contributed by atoms with Crippen LogP contribution in [0.5, 0.6) is 0 Å². The monoisotopic (exact) mass is 303 g/mol. The van der Waals surface area contributed by atoms with E-state index >= 15 is 0 Å². The van der Waals surface area contributed by atoms with Gasteiger partial charge in [0.15, 0.2) is 0 Å². The highest BCUT2D eigenvalue weighted by atomic mass is 32.2. The van der Waals surface area contributed by atoms with Gasteiger partial charge in [0.05, 0.1) is 11.3 Å². The first kappa shape index (κ1) is 16.2. The van der Waals surface area contributed by atoms with Gasteiger partial charge in [0.1, 0.15) is 6.07 Å². The molecule has 1 N–H and O–H groups in total. The fourth-order valence-corrected chi connectivity index (χ4v) is 3.73. The maximum absolute atomic E-state index is 9.50. The Morgan fingerprint density at radius 2 is 2.19 bits per heavy atom. The number of benzene rings is 1. The van der Waals surface area contributed by atoms with Gasteiger partial charge in [-0.25, -0.2) is 0 Å². The molecule has 2 atom stereocenters. The topological polar surface area (TPSA) is 39.1 Å².